The van der Waals surface area contributed by atoms with E-state index in [-0.39, 0.29) is 0 Å². The maximum absolute atomic E-state index is 4.01. The molecule has 0 bridgehead atoms. The predicted octanol–water partition coefficient (Wildman–Crippen LogP) is 2.67. The summed E-state index contributed by atoms with van der Waals surface area (Å²) in [5.74, 6) is 0. The van der Waals surface area contributed by atoms with Gasteiger partial charge in [-0.1, -0.05) is 24.8 Å². The van der Waals surface area contributed by atoms with Crippen molar-refractivity contribution >= 4 is 5.57 Å². The topological polar surface area (TPSA) is 12.9 Å². The van der Waals surface area contributed by atoms with E-state index in [1.165, 1.54) is 5.57 Å². The van der Waals surface area contributed by atoms with E-state index in [4.69, 9.17) is 0 Å². The summed E-state index contributed by atoms with van der Waals surface area (Å²) in [6.07, 6.45) is 7.36. The maximum atomic E-state index is 4.01. The predicted molar refractivity (Wildman–Crippen MR) is 48.1 cm³/mol. The van der Waals surface area contributed by atoms with Gasteiger partial charge in [0.15, 0.2) is 0 Å². The first-order valence-corrected chi connectivity index (χ1v) is 3.54. The van der Waals surface area contributed by atoms with Crippen molar-refractivity contribution in [1.82, 2.24) is 4.98 Å². The van der Waals surface area contributed by atoms with Crippen LogP contribution in [0.25, 0.3) is 5.57 Å². The molecule has 1 heterocycles. The molecule has 0 saturated heterocycles. The number of hydrogen-bond donors (Lipinski definition) is 0. The van der Waals surface area contributed by atoms with Crippen molar-refractivity contribution in [2.75, 3.05) is 0 Å². The van der Waals surface area contributed by atoms with Crippen LogP contribution in [0.15, 0.2) is 43.3 Å². The molecule has 1 rings (SSSR count). The SMILES string of the molecule is C=CC=C(C)c1cccnc1. The van der Waals surface area contributed by atoms with Gasteiger partial charge in [-0.05, 0) is 24.1 Å². The first-order chi connectivity index (χ1) is 5.34. The third-order valence-electron chi connectivity index (χ3n) is 1.48. The van der Waals surface area contributed by atoms with Gasteiger partial charge in [0.25, 0.3) is 0 Å². The number of aromatic nitrogens is 1. The summed E-state index contributed by atoms with van der Waals surface area (Å²) in [7, 11) is 0. The number of nitrogens with zero attached hydrogens (tertiary/aromatic N) is 1. The highest BCUT2D eigenvalue weighted by Crippen LogP contribution is 2.10. The van der Waals surface area contributed by atoms with Crippen LogP contribution in [0.4, 0.5) is 0 Å². The quantitative estimate of drug-likeness (QED) is 0.583. The second-order valence-corrected chi connectivity index (χ2v) is 2.33. The fraction of sp³-hybridized carbons (Fsp3) is 0.100. The Hall–Kier alpha value is -1.37. The van der Waals surface area contributed by atoms with E-state index in [1.807, 2.05) is 31.3 Å². The van der Waals surface area contributed by atoms with Gasteiger partial charge in [-0.2, -0.15) is 0 Å². The fourth-order valence-electron chi connectivity index (χ4n) is 0.869. The average molecular weight is 145 g/mol. The molecular formula is C10H11N. The molecule has 0 aromatic carbocycles. The highest BCUT2D eigenvalue weighted by Gasteiger charge is 1.90. The lowest BCUT2D eigenvalue weighted by atomic mass is 10.1. The van der Waals surface area contributed by atoms with Gasteiger partial charge >= 0.3 is 0 Å². The summed E-state index contributed by atoms with van der Waals surface area (Å²) >= 11 is 0. The third-order valence-corrected chi connectivity index (χ3v) is 1.48. The molecule has 1 aromatic rings. The molecule has 11 heavy (non-hydrogen) atoms. The van der Waals surface area contributed by atoms with Crippen molar-refractivity contribution in [2.24, 2.45) is 0 Å². The molecule has 0 aliphatic rings. The van der Waals surface area contributed by atoms with E-state index in [2.05, 4.69) is 11.6 Å². The van der Waals surface area contributed by atoms with E-state index in [0.29, 0.717) is 0 Å². The molecule has 1 nitrogen and oxygen atoms in total. The van der Waals surface area contributed by atoms with Gasteiger partial charge in [-0.25, -0.2) is 0 Å². The largest absolute Gasteiger partial charge is 0.264 e. The average Bonchev–Trinajstić information content (AvgIpc) is 2.07. The van der Waals surface area contributed by atoms with E-state index in [9.17, 15) is 0 Å². The molecule has 1 heteroatoms. The van der Waals surface area contributed by atoms with Gasteiger partial charge in [-0.3, -0.25) is 4.98 Å². The Balaban J connectivity index is 2.94. The summed E-state index contributed by atoms with van der Waals surface area (Å²) in [4.78, 5) is 4.01. The standard InChI is InChI=1S/C10H11N/c1-3-5-9(2)10-6-4-7-11-8-10/h3-8H,1H2,2H3. The Labute approximate surface area is 67.1 Å². The van der Waals surface area contributed by atoms with E-state index < -0.39 is 0 Å². The van der Waals surface area contributed by atoms with E-state index in [1.54, 1.807) is 12.3 Å². The van der Waals surface area contributed by atoms with E-state index in [0.717, 1.165) is 5.56 Å². The minimum Gasteiger partial charge on any atom is -0.264 e. The van der Waals surface area contributed by atoms with Crippen LogP contribution < -0.4 is 0 Å². The van der Waals surface area contributed by atoms with Crippen molar-refractivity contribution in [3.8, 4) is 0 Å². The number of allylic oxidation sites excluding steroid dienone is 3. The number of rotatable bonds is 2. The monoisotopic (exact) mass is 145 g/mol. The molecule has 0 saturated carbocycles. The zero-order valence-corrected chi connectivity index (χ0v) is 6.62. The van der Waals surface area contributed by atoms with Crippen LogP contribution in [0.1, 0.15) is 12.5 Å². The fourth-order valence-corrected chi connectivity index (χ4v) is 0.869. The highest BCUT2D eigenvalue weighted by atomic mass is 14.6. The molecule has 0 aliphatic heterocycles. The summed E-state index contributed by atoms with van der Waals surface area (Å²) in [5, 5.41) is 0. The van der Waals surface area contributed by atoms with Crippen molar-refractivity contribution in [1.29, 1.82) is 0 Å². The van der Waals surface area contributed by atoms with Crippen LogP contribution in [0.2, 0.25) is 0 Å². The Bertz CT molecular complexity index is 259. The van der Waals surface area contributed by atoms with E-state index >= 15 is 0 Å². The molecule has 0 atom stereocenters. The second-order valence-electron chi connectivity index (χ2n) is 2.33. The van der Waals surface area contributed by atoms with Crippen LogP contribution in [0, 0.1) is 0 Å². The Morgan fingerprint density at radius 1 is 1.64 bits per heavy atom. The van der Waals surface area contributed by atoms with Gasteiger partial charge in [0.1, 0.15) is 0 Å². The van der Waals surface area contributed by atoms with Crippen LogP contribution in [0.3, 0.4) is 0 Å². The summed E-state index contributed by atoms with van der Waals surface area (Å²) < 4.78 is 0. The molecule has 1 aromatic heterocycles. The lowest BCUT2D eigenvalue weighted by molar-refractivity contribution is 1.30. The number of pyridine rings is 1. The molecular weight excluding hydrogens is 134 g/mol. The second kappa shape index (κ2) is 3.71. The van der Waals surface area contributed by atoms with Crippen LogP contribution in [-0.2, 0) is 0 Å². The van der Waals surface area contributed by atoms with Crippen molar-refractivity contribution < 1.29 is 0 Å². The summed E-state index contributed by atoms with van der Waals surface area (Å²) in [6, 6.07) is 3.96. The Morgan fingerprint density at radius 3 is 3.00 bits per heavy atom. The smallest absolute Gasteiger partial charge is 0.0342 e. The van der Waals surface area contributed by atoms with Crippen LogP contribution in [0.5, 0.6) is 0 Å². The summed E-state index contributed by atoms with van der Waals surface area (Å²) in [6.45, 7) is 5.67. The third kappa shape index (κ3) is 2.04. The molecule has 0 amide bonds. The Morgan fingerprint density at radius 2 is 2.45 bits per heavy atom. The lowest BCUT2D eigenvalue weighted by Gasteiger charge is -1.96. The number of hydrogen-bond acceptors (Lipinski definition) is 1. The zero-order chi connectivity index (χ0) is 8.10. The molecule has 0 aliphatic carbocycles. The van der Waals surface area contributed by atoms with Gasteiger partial charge in [-0.15, -0.1) is 0 Å². The van der Waals surface area contributed by atoms with Crippen molar-refractivity contribution in [2.45, 2.75) is 6.92 Å². The molecule has 0 radical (unpaired) electrons. The van der Waals surface area contributed by atoms with Gasteiger partial charge in [0, 0.05) is 12.4 Å². The minimum absolute atomic E-state index is 1.15. The first-order valence-electron chi connectivity index (χ1n) is 3.54. The van der Waals surface area contributed by atoms with Gasteiger partial charge in [0.05, 0.1) is 0 Å². The first kappa shape index (κ1) is 7.73. The van der Waals surface area contributed by atoms with Crippen molar-refractivity contribution in [3.05, 3.63) is 48.8 Å². The lowest BCUT2D eigenvalue weighted by Crippen LogP contribution is -1.78. The van der Waals surface area contributed by atoms with Crippen molar-refractivity contribution in [3.63, 3.8) is 0 Å². The minimum atomic E-state index is 1.15. The molecule has 56 valence electrons. The maximum Gasteiger partial charge on any atom is 0.0342 e. The highest BCUT2D eigenvalue weighted by molar-refractivity contribution is 5.63. The van der Waals surface area contributed by atoms with Gasteiger partial charge in [0.2, 0.25) is 0 Å². The zero-order valence-electron chi connectivity index (χ0n) is 6.62. The molecule has 0 unspecified atom stereocenters. The van der Waals surface area contributed by atoms with Gasteiger partial charge < -0.3 is 0 Å². The summed E-state index contributed by atoms with van der Waals surface area (Å²) in [5.41, 5.74) is 2.33. The van der Waals surface area contributed by atoms with Crippen LogP contribution >= 0.6 is 0 Å². The Kier molecular flexibility index (Phi) is 2.61. The molecule has 0 N–H and O–H groups in total. The molecule has 0 fully saturated rings. The molecule has 0 spiro atoms. The van der Waals surface area contributed by atoms with Crippen LogP contribution in [-0.4, -0.2) is 4.98 Å². The normalized spacial score (nSPS) is 11.2.